The van der Waals surface area contributed by atoms with Crippen LogP contribution >= 0.6 is 11.3 Å². The Bertz CT molecular complexity index is 665. The third kappa shape index (κ3) is 2.46. The first-order chi connectivity index (χ1) is 9.63. The summed E-state index contributed by atoms with van der Waals surface area (Å²) >= 11 is 1.22. The molecule has 0 saturated heterocycles. The maximum atomic E-state index is 11.0. The summed E-state index contributed by atoms with van der Waals surface area (Å²) in [5, 5.41) is 9.83. The van der Waals surface area contributed by atoms with Crippen LogP contribution in [-0.2, 0) is 6.42 Å². The number of carboxylic acids is 1. The zero-order valence-electron chi connectivity index (χ0n) is 10.9. The van der Waals surface area contributed by atoms with E-state index in [9.17, 15) is 4.79 Å². The number of aromatic carboxylic acids is 1. The first-order valence-corrected chi connectivity index (χ1v) is 7.03. The fraction of sp³-hybridized carbons (Fsp3) is 0.286. The largest absolute Gasteiger partial charge is 0.486 e. The second-order valence-electron chi connectivity index (χ2n) is 4.48. The first-order valence-electron chi connectivity index (χ1n) is 6.21. The fourth-order valence-electron chi connectivity index (χ4n) is 2.10. The number of nitrogens with zero attached hydrogens (tertiary/aromatic N) is 1. The number of benzene rings is 1. The maximum Gasteiger partial charge on any atom is 0.347 e. The predicted molar refractivity (Wildman–Crippen MR) is 74.0 cm³/mol. The second-order valence-corrected chi connectivity index (χ2v) is 5.57. The molecule has 0 spiro atoms. The van der Waals surface area contributed by atoms with Crippen molar-refractivity contribution in [3.05, 3.63) is 39.3 Å². The third-order valence-corrected chi connectivity index (χ3v) is 4.14. The molecule has 20 heavy (non-hydrogen) atoms. The molecule has 3 rings (SSSR count). The van der Waals surface area contributed by atoms with Crippen molar-refractivity contribution >= 4 is 17.3 Å². The van der Waals surface area contributed by atoms with E-state index in [0.717, 1.165) is 22.1 Å². The van der Waals surface area contributed by atoms with Crippen molar-refractivity contribution in [2.75, 3.05) is 13.2 Å². The Balaban J connectivity index is 1.84. The Hall–Kier alpha value is -2.08. The molecule has 0 saturated carbocycles. The smallest absolute Gasteiger partial charge is 0.347 e. The molecule has 1 aliphatic rings. The van der Waals surface area contributed by atoms with Gasteiger partial charge in [-0.2, -0.15) is 0 Å². The van der Waals surface area contributed by atoms with Crippen LogP contribution in [0.1, 0.15) is 25.9 Å². The van der Waals surface area contributed by atoms with E-state index in [4.69, 9.17) is 14.6 Å². The van der Waals surface area contributed by atoms with Gasteiger partial charge in [0.2, 0.25) is 0 Å². The monoisotopic (exact) mass is 291 g/mol. The minimum atomic E-state index is -0.923. The van der Waals surface area contributed by atoms with Gasteiger partial charge in [-0.1, -0.05) is 6.07 Å². The lowest BCUT2D eigenvalue weighted by atomic mass is 10.1. The topological polar surface area (TPSA) is 68.7 Å². The Morgan fingerprint density at radius 1 is 1.35 bits per heavy atom. The van der Waals surface area contributed by atoms with E-state index in [-0.39, 0.29) is 0 Å². The van der Waals surface area contributed by atoms with Gasteiger partial charge in [0.15, 0.2) is 11.5 Å². The van der Waals surface area contributed by atoms with Gasteiger partial charge >= 0.3 is 5.97 Å². The van der Waals surface area contributed by atoms with Crippen LogP contribution in [0.4, 0.5) is 0 Å². The van der Waals surface area contributed by atoms with E-state index < -0.39 is 5.97 Å². The number of ether oxygens (including phenoxy) is 2. The fourth-order valence-corrected chi connectivity index (χ4v) is 3.04. The predicted octanol–water partition coefficient (Wildman–Crippen LogP) is 2.51. The number of aryl methyl sites for hydroxylation is 1. The minimum absolute atomic E-state index is 0.303. The lowest BCUT2D eigenvalue weighted by Crippen LogP contribution is -2.15. The minimum Gasteiger partial charge on any atom is -0.486 e. The Morgan fingerprint density at radius 3 is 2.80 bits per heavy atom. The quantitative estimate of drug-likeness (QED) is 0.941. The van der Waals surface area contributed by atoms with Crippen molar-refractivity contribution in [1.82, 2.24) is 4.98 Å². The SMILES string of the molecule is Cc1nc(Cc2ccc3c(c2)OCCO3)sc1C(=O)O. The third-order valence-electron chi connectivity index (χ3n) is 3.00. The molecule has 104 valence electrons. The number of carboxylic acid groups (broad SMARTS) is 1. The number of hydrogen-bond donors (Lipinski definition) is 1. The van der Waals surface area contributed by atoms with E-state index in [1.54, 1.807) is 6.92 Å². The van der Waals surface area contributed by atoms with Crippen molar-refractivity contribution in [3.63, 3.8) is 0 Å². The average Bonchev–Trinajstić information content (AvgIpc) is 2.79. The van der Waals surface area contributed by atoms with Gasteiger partial charge in [0.1, 0.15) is 18.1 Å². The number of carbonyl (C=O) groups is 1. The van der Waals surface area contributed by atoms with Crippen molar-refractivity contribution in [2.45, 2.75) is 13.3 Å². The molecular formula is C14H13NO4S. The molecule has 1 aromatic carbocycles. The van der Waals surface area contributed by atoms with Crippen LogP contribution in [0, 0.1) is 6.92 Å². The molecular weight excluding hydrogens is 278 g/mol. The van der Waals surface area contributed by atoms with Gasteiger partial charge in [0.05, 0.1) is 10.7 Å². The molecule has 0 unspecified atom stereocenters. The molecule has 0 radical (unpaired) electrons. The molecule has 2 heterocycles. The Labute approximate surface area is 119 Å². The zero-order chi connectivity index (χ0) is 14.1. The standard InChI is InChI=1S/C14H13NO4S/c1-8-13(14(16)17)20-12(15-8)7-9-2-3-10-11(6-9)19-5-4-18-10/h2-3,6H,4-5,7H2,1H3,(H,16,17). The first kappa shape index (κ1) is 12.9. The van der Waals surface area contributed by atoms with Gasteiger partial charge in [-0.3, -0.25) is 0 Å². The maximum absolute atomic E-state index is 11.0. The molecule has 6 heteroatoms. The summed E-state index contributed by atoms with van der Waals surface area (Å²) in [5.41, 5.74) is 1.59. The number of fused-ring (bicyclic) bond motifs is 1. The van der Waals surface area contributed by atoms with Gasteiger partial charge in [-0.05, 0) is 24.6 Å². The molecule has 2 aromatic rings. The van der Waals surface area contributed by atoms with Gasteiger partial charge in [0, 0.05) is 6.42 Å². The summed E-state index contributed by atoms with van der Waals surface area (Å²) in [7, 11) is 0. The van der Waals surface area contributed by atoms with Crippen LogP contribution in [0.15, 0.2) is 18.2 Å². The molecule has 5 nitrogen and oxygen atoms in total. The van der Waals surface area contributed by atoms with Crippen molar-refractivity contribution in [3.8, 4) is 11.5 Å². The van der Waals surface area contributed by atoms with Crippen LogP contribution in [0.25, 0.3) is 0 Å². The van der Waals surface area contributed by atoms with Gasteiger partial charge in [-0.25, -0.2) is 9.78 Å². The molecule has 1 aromatic heterocycles. The summed E-state index contributed by atoms with van der Waals surface area (Å²) in [4.78, 5) is 15.6. The summed E-state index contributed by atoms with van der Waals surface area (Å²) in [5.74, 6) is 0.565. The van der Waals surface area contributed by atoms with Crippen LogP contribution in [-0.4, -0.2) is 29.3 Å². The van der Waals surface area contributed by atoms with Crippen LogP contribution < -0.4 is 9.47 Å². The van der Waals surface area contributed by atoms with E-state index in [1.807, 2.05) is 18.2 Å². The summed E-state index contributed by atoms with van der Waals surface area (Å²) in [6.07, 6.45) is 0.593. The van der Waals surface area contributed by atoms with E-state index in [2.05, 4.69) is 4.98 Å². The second kappa shape index (κ2) is 5.13. The number of hydrogen-bond acceptors (Lipinski definition) is 5. The number of rotatable bonds is 3. The highest BCUT2D eigenvalue weighted by molar-refractivity contribution is 7.13. The van der Waals surface area contributed by atoms with Crippen LogP contribution in [0.3, 0.4) is 0 Å². The van der Waals surface area contributed by atoms with Gasteiger partial charge in [0.25, 0.3) is 0 Å². The Kier molecular flexibility index (Phi) is 3.31. The molecule has 0 amide bonds. The molecule has 0 bridgehead atoms. The number of thiazole rings is 1. The Morgan fingerprint density at radius 2 is 2.10 bits per heavy atom. The summed E-state index contributed by atoms with van der Waals surface area (Å²) in [6.45, 7) is 2.84. The average molecular weight is 291 g/mol. The van der Waals surface area contributed by atoms with Crippen molar-refractivity contribution < 1.29 is 19.4 Å². The molecule has 0 fully saturated rings. The molecule has 0 atom stereocenters. The number of aromatic nitrogens is 1. The van der Waals surface area contributed by atoms with Crippen molar-refractivity contribution in [2.24, 2.45) is 0 Å². The normalized spacial score (nSPS) is 13.2. The van der Waals surface area contributed by atoms with E-state index in [0.29, 0.717) is 30.2 Å². The van der Waals surface area contributed by atoms with Crippen LogP contribution in [0.2, 0.25) is 0 Å². The van der Waals surface area contributed by atoms with Crippen molar-refractivity contribution in [1.29, 1.82) is 0 Å². The lowest BCUT2D eigenvalue weighted by molar-refractivity contribution is 0.0701. The van der Waals surface area contributed by atoms with Crippen LogP contribution in [0.5, 0.6) is 11.5 Å². The highest BCUT2D eigenvalue weighted by atomic mass is 32.1. The summed E-state index contributed by atoms with van der Waals surface area (Å²) < 4.78 is 11.0. The van der Waals surface area contributed by atoms with E-state index >= 15 is 0 Å². The van der Waals surface area contributed by atoms with Gasteiger partial charge in [-0.15, -0.1) is 11.3 Å². The van der Waals surface area contributed by atoms with Gasteiger partial charge < -0.3 is 14.6 Å². The molecule has 0 aliphatic carbocycles. The molecule has 1 aliphatic heterocycles. The lowest BCUT2D eigenvalue weighted by Gasteiger charge is -2.18. The zero-order valence-corrected chi connectivity index (χ0v) is 11.7. The highest BCUT2D eigenvalue weighted by Crippen LogP contribution is 2.32. The van der Waals surface area contributed by atoms with E-state index in [1.165, 1.54) is 11.3 Å². The summed E-state index contributed by atoms with van der Waals surface area (Å²) in [6, 6.07) is 5.75. The highest BCUT2D eigenvalue weighted by Gasteiger charge is 2.16. The molecule has 1 N–H and O–H groups in total.